The Balaban J connectivity index is 2.49. The summed E-state index contributed by atoms with van der Waals surface area (Å²) in [6, 6.07) is 0. The van der Waals surface area contributed by atoms with Crippen LogP contribution in [0.15, 0.2) is 11.6 Å². The molecule has 106 valence electrons. The lowest BCUT2D eigenvalue weighted by Gasteiger charge is -2.39. The molecule has 1 aliphatic heterocycles. The zero-order chi connectivity index (χ0) is 13.7. The molecule has 0 spiro atoms. The Kier molecular flexibility index (Phi) is 6.20. The number of ether oxygens (including phenoxy) is 2. The van der Waals surface area contributed by atoms with Crippen LogP contribution in [0.5, 0.6) is 0 Å². The zero-order valence-corrected chi connectivity index (χ0v) is 10.7. The largest absolute Gasteiger partial charge is 0.394 e. The van der Waals surface area contributed by atoms with Crippen LogP contribution in [0.25, 0.3) is 0 Å². The van der Waals surface area contributed by atoms with Gasteiger partial charge in [-0.05, 0) is 20.3 Å². The third-order valence-corrected chi connectivity index (χ3v) is 3.12. The van der Waals surface area contributed by atoms with Gasteiger partial charge in [0.25, 0.3) is 0 Å². The van der Waals surface area contributed by atoms with Crippen LogP contribution in [0, 0.1) is 0 Å². The monoisotopic (exact) mass is 262 g/mol. The van der Waals surface area contributed by atoms with Crippen molar-refractivity contribution >= 4 is 0 Å². The van der Waals surface area contributed by atoms with Crippen LogP contribution in [0.4, 0.5) is 0 Å². The molecule has 4 N–H and O–H groups in total. The van der Waals surface area contributed by atoms with E-state index in [2.05, 4.69) is 0 Å². The maximum atomic E-state index is 9.69. The maximum Gasteiger partial charge on any atom is 0.186 e. The number of aliphatic hydroxyl groups is 4. The average Bonchev–Trinajstić information content (AvgIpc) is 2.38. The van der Waals surface area contributed by atoms with Gasteiger partial charge < -0.3 is 29.9 Å². The second-order valence-corrected chi connectivity index (χ2v) is 4.45. The SMILES string of the molecule is C/C=C(\C)CCOC1OC(CO)C(O)C(O)[C@H]1O. The van der Waals surface area contributed by atoms with Crippen LogP contribution in [-0.2, 0) is 9.47 Å². The lowest BCUT2D eigenvalue weighted by atomic mass is 9.99. The van der Waals surface area contributed by atoms with E-state index in [9.17, 15) is 15.3 Å². The molecular formula is C12H22O6. The van der Waals surface area contributed by atoms with E-state index in [4.69, 9.17) is 14.6 Å². The second-order valence-electron chi connectivity index (χ2n) is 4.45. The summed E-state index contributed by atoms with van der Waals surface area (Å²) in [4.78, 5) is 0. The number of hydrogen-bond donors (Lipinski definition) is 4. The second kappa shape index (κ2) is 7.18. The molecule has 1 saturated heterocycles. The minimum atomic E-state index is -1.39. The first kappa shape index (κ1) is 15.6. The summed E-state index contributed by atoms with van der Waals surface area (Å²) in [5.41, 5.74) is 1.14. The van der Waals surface area contributed by atoms with Gasteiger partial charge in [-0.2, -0.15) is 0 Å². The van der Waals surface area contributed by atoms with Crippen LogP contribution in [-0.4, -0.2) is 64.3 Å². The van der Waals surface area contributed by atoms with E-state index in [1.165, 1.54) is 0 Å². The molecule has 0 aromatic rings. The van der Waals surface area contributed by atoms with E-state index in [-0.39, 0.29) is 0 Å². The van der Waals surface area contributed by atoms with Gasteiger partial charge in [-0.3, -0.25) is 0 Å². The molecule has 0 bridgehead atoms. The van der Waals surface area contributed by atoms with Crippen molar-refractivity contribution in [2.24, 2.45) is 0 Å². The highest BCUT2D eigenvalue weighted by Gasteiger charge is 2.43. The van der Waals surface area contributed by atoms with E-state index in [1.807, 2.05) is 19.9 Å². The molecule has 1 heterocycles. The molecule has 1 fully saturated rings. The van der Waals surface area contributed by atoms with Crippen molar-refractivity contribution < 1.29 is 29.9 Å². The predicted octanol–water partition coefficient (Wildman–Crippen LogP) is -0.841. The molecule has 0 aliphatic carbocycles. The fourth-order valence-corrected chi connectivity index (χ4v) is 1.69. The van der Waals surface area contributed by atoms with E-state index in [0.29, 0.717) is 13.0 Å². The van der Waals surface area contributed by atoms with Gasteiger partial charge in [-0.1, -0.05) is 11.6 Å². The van der Waals surface area contributed by atoms with Crippen LogP contribution in [0.1, 0.15) is 20.3 Å². The summed E-state index contributed by atoms with van der Waals surface area (Å²) in [6.07, 6.45) is -3.37. The molecule has 5 atom stereocenters. The number of rotatable bonds is 5. The summed E-state index contributed by atoms with van der Waals surface area (Å²) < 4.78 is 10.5. The van der Waals surface area contributed by atoms with Gasteiger partial charge in [0.1, 0.15) is 24.4 Å². The van der Waals surface area contributed by atoms with Crippen molar-refractivity contribution in [3.05, 3.63) is 11.6 Å². The summed E-state index contributed by atoms with van der Waals surface area (Å²) in [6.45, 7) is 3.76. The normalized spacial score (nSPS) is 37.9. The smallest absolute Gasteiger partial charge is 0.186 e. The summed E-state index contributed by atoms with van der Waals surface area (Å²) in [7, 11) is 0. The fourth-order valence-electron chi connectivity index (χ4n) is 1.69. The molecule has 4 unspecified atom stereocenters. The third-order valence-electron chi connectivity index (χ3n) is 3.12. The molecule has 0 radical (unpaired) electrons. The standard InChI is InChI=1S/C12H22O6/c1-3-7(2)4-5-17-12-11(16)10(15)9(14)8(6-13)18-12/h3,8-16H,4-6H2,1-2H3/b7-3+/t8?,9?,10?,11-,12?/m1/s1. The van der Waals surface area contributed by atoms with Crippen molar-refractivity contribution in [2.45, 2.75) is 51.0 Å². The highest BCUT2D eigenvalue weighted by molar-refractivity contribution is 4.95. The summed E-state index contributed by atoms with van der Waals surface area (Å²) >= 11 is 0. The quantitative estimate of drug-likeness (QED) is 0.482. The lowest BCUT2D eigenvalue weighted by molar-refractivity contribution is -0.300. The fraction of sp³-hybridized carbons (Fsp3) is 0.833. The topological polar surface area (TPSA) is 99.4 Å². The molecular weight excluding hydrogens is 240 g/mol. The maximum absolute atomic E-state index is 9.69. The molecule has 0 aromatic carbocycles. The minimum Gasteiger partial charge on any atom is -0.394 e. The number of allylic oxidation sites excluding steroid dienone is 1. The highest BCUT2D eigenvalue weighted by Crippen LogP contribution is 2.22. The molecule has 6 nitrogen and oxygen atoms in total. The van der Waals surface area contributed by atoms with Crippen LogP contribution >= 0.6 is 0 Å². The Hall–Kier alpha value is -0.500. The lowest BCUT2D eigenvalue weighted by Crippen LogP contribution is -2.59. The van der Waals surface area contributed by atoms with Crippen LogP contribution in [0.2, 0.25) is 0 Å². The molecule has 1 rings (SSSR count). The van der Waals surface area contributed by atoms with Gasteiger partial charge in [0.05, 0.1) is 13.2 Å². The Morgan fingerprint density at radius 2 is 1.89 bits per heavy atom. The van der Waals surface area contributed by atoms with Crippen LogP contribution in [0.3, 0.4) is 0 Å². The Morgan fingerprint density at radius 1 is 1.22 bits per heavy atom. The van der Waals surface area contributed by atoms with Crippen molar-refractivity contribution in [3.8, 4) is 0 Å². The van der Waals surface area contributed by atoms with E-state index < -0.39 is 37.3 Å². The Labute approximate surface area is 106 Å². The Bertz CT molecular complexity index is 278. The third kappa shape index (κ3) is 3.74. The number of hydrogen-bond acceptors (Lipinski definition) is 6. The first-order valence-corrected chi connectivity index (χ1v) is 6.05. The van der Waals surface area contributed by atoms with E-state index >= 15 is 0 Å². The molecule has 0 amide bonds. The Morgan fingerprint density at radius 3 is 2.44 bits per heavy atom. The first-order valence-electron chi connectivity index (χ1n) is 6.05. The van der Waals surface area contributed by atoms with Gasteiger partial charge in [-0.15, -0.1) is 0 Å². The minimum absolute atomic E-state index is 0.332. The van der Waals surface area contributed by atoms with Crippen molar-refractivity contribution in [1.82, 2.24) is 0 Å². The van der Waals surface area contributed by atoms with E-state index in [0.717, 1.165) is 5.57 Å². The van der Waals surface area contributed by atoms with Crippen molar-refractivity contribution in [2.75, 3.05) is 13.2 Å². The molecule has 6 heteroatoms. The molecule has 18 heavy (non-hydrogen) atoms. The van der Waals surface area contributed by atoms with Crippen molar-refractivity contribution in [3.63, 3.8) is 0 Å². The molecule has 0 saturated carbocycles. The van der Waals surface area contributed by atoms with Crippen molar-refractivity contribution in [1.29, 1.82) is 0 Å². The number of aliphatic hydroxyl groups excluding tert-OH is 4. The molecule has 0 aromatic heterocycles. The van der Waals surface area contributed by atoms with E-state index in [1.54, 1.807) is 0 Å². The predicted molar refractivity (Wildman–Crippen MR) is 63.8 cm³/mol. The highest BCUT2D eigenvalue weighted by atomic mass is 16.7. The van der Waals surface area contributed by atoms with Gasteiger partial charge in [0.15, 0.2) is 6.29 Å². The summed E-state index contributed by atoms with van der Waals surface area (Å²) in [5.74, 6) is 0. The van der Waals surface area contributed by atoms with Gasteiger partial charge in [-0.25, -0.2) is 0 Å². The van der Waals surface area contributed by atoms with Gasteiger partial charge in [0.2, 0.25) is 0 Å². The molecule has 1 aliphatic rings. The first-order chi connectivity index (χ1) is 8.51. The van der Waals surface area contributed by atoms with Gasteiger partial charge >= 0.3 is 0 Å². The average molecular weight is 262 g/mol. The summed E-state index contributed by atoms with van der Waals surface area (Å²) in [5, 5.41) is 37.8. The van der Waals surface area contributed by atoms with Crippen LogP contribution < -0.4 is 0 Å². The zero-order valence-electron chi connectivity index (χ0n) is 10.7. The van der Waals surface area contributed by atoms with Gasteiger partial charge in [0, 0.05) is 0 Å².